The van der Waals surface area contributed by atoms with Crippen LogP contribution in [0.4, 0.5) is 0 Å². The zero-order valence-corrected chi connectivity index (χ0v) is 5.43. The van der Waals surface area contributed by atoms with Crippen LogP contribution in [-0.2, 0) is 0 Å². The Labute approximate surface area is 55.2 Å². The topological polar surface area (TPSA) is 35.9 Å². The van der Waals surface area contributed by atoms with Crippen molar-refractivity contribution in [2.75, 3.05) is 13.1 Å². The van der Waals surface area contributed by atoms with Crippen molar-refractivity contribution in [2.24, 2.45) is 17.8 Å². The van der Waals surface area contributed by atoms with Gasteiger partial charge < -0.3 is 10.7 Å². The average molecular weight is 124 g/mol. The van der Waals surface area contributed by atoms with Gasteiger partial charge in [-0.25, -0.2) is 0 Å². The van der Waals surface area contributed by atoms with Crippen LogP contribution in [0.25, 0.3) is 0 Å². The van der Waals surface area contributed by atoms with Crippen LogP contribution in [-0.4, -0.2) is 19.3 Å². The lowest BCUT2D eigenvalue weighted by atomic mass is 9.67. The van der Waals surface area contributed by atoms with Gasteiger partial charge in [-0.2, -0.15) is 0 Å². The molecule has 0 amide bonds. The number of nitrogens with one attached hydrogen (secondary N) is 2. The van der Waals surface area contributed by atoms with Crippen molar-refractivity contribution in [3.8, 4) is 0 Å². The predicted molar refractivity (Wildman–Crippen MR) is 36.7 cm³/mol. The first-order chi connectivity index (χ1) is 4.42. The molecule has 50 valence electrons. The molecule has 2 fully saturated rings. The maximum absolute atomic E-state index is 7.06. The van der Waals surface area contributed by atoms with Crippen molar-refractivity contribution in [3.05, 3.63) is 0 Å². The summed E-state index contributed by atoms with van der Waals surface area (Å²) in [7, 11) is 0. The summed E-state index contributed by atoms with van der Waals surface area (Å²) in [6.45, 7) is 2.36. The highest BCUT2D eigenvalue weighted by molar-refractivity contribution is 5.59. The quantitative estimate of drug-likeness (QED) is 0.490. The summed E-state index contributed by atoms with van der Waals surface area (Å²) in [6.07, 6.45) is 2.88. The zero-order chi connectivity index (χ0) is 6.27. The lowest BCUT2D eigenvalue weighted by Crippen LogP contribution is -2.36. The van der Waals surface area contributed by atoms with Crippen LogP contribution in [0.3, 0.4) is 0 Å². The molecule has 1 aliphatic carbocycles. The highest BCUT2D eigenvalue weighted by atomic mass is 14.9. The molecule has 1 aliphatic heterocycles. The van der Waals surface area contributed by atoms with Crippen LogP contribution < -0.4 is 5.32 Å². The third-order valence-corrected chi connectivity index (χ3v) is 2.73. The second-order valence-electron chi connectivity index (χ2n) is 3.15. The van der Waals surface area contributed by atoms with Crippen LogP contribution in [0.1, 0.15) is 6.42 Å². The smallest absolute Gasteiger partial charge is 0.00111 e. The maximum Gasteiger partial charge on any atom is -0.00111 e. The molecule has 0 aromatic rings. The van der Waals surface area contributed by atoms with E-state index in [2.05, 4.69) is 5.32 Å². The first kappa shape index (κ1) is 5.42. The molecule has 2 N–H and O–H groups in total. The summed E-state index contributed by atoms with van der Waals surface area (Å²) >= 11 is 0. The molecule has 3 atom stereocenters. The predicted octanol–water partition coefficient (Wildman–Crippen LogP) is 0.491. The van der Waals surface area contributed by atoms with E-state index in [1.165, 1.54) is 13.0 Å². The molecule has 2 nitrogen and oxygen atoms in total. The summed E-state index contributed by atoms with van der Waals surface area (Å²) in [4.78, 5) is 0. The van der Waals surface area contributed by atoms with Crippen LogP contribution in [0.15, 0.2) is 0 Å². The largest absolute Gasteiger partial charge is 0.316 e. The van der Waals surface area contributed by atoms with E-state index in [-0.39, 0.29) is 0 Å². The van der Waals surface area contributed by atoms with E-state index in [9.17, 15) is 0 Å². The highest BCUT2D eigenvalue weighted by Gasteiger charge is 2.42. The Morgan fingerprint density at radius 3 is 3.00 bits per heavy atom. The molecule has 0 bridgehead atoms. The maximum atomic E-state index is 7.06. The Morgan fingerprint density at radius 2 is 2.33 bits per heavy atom. The summed E-state index contributed by atoms with van der Waals surface area (Å²) in [5, 5.41) is 10.4. The van der Waals surface area contributed by atoms with Gasteiger partial charge in [-0.1, -0.05) is 0 Å². The van der Waals surface area contributed by atoms with Gasteiger partial charge in [0.2, 0.25) is 0 Å². The van der Waals surface area contributed by atoms with Gasteiger partial charge >= 0.3 is 0 Å². The van der Waals surface area contributed by atoms with E-state index >= 15 is 0 Å². The highest BCUT2D eigenvalue weighted by Crippen LogP contribution is 2.41. The van der Waals surface area contributed by atoms with Crippen LogP contribution >= 0.6 is 0 Å². The van der Waals surface area contributed by atoms with Gasteiger partial charge in [-0.05, 0) is 43.5 Å². The zero-order valence-electron chi connectivity index (χ0n) is 5.43. The Morgan fingerprint density at radius 1 is 1.44 bits per heavy atom. The van der Waals surface area contributed by atoms with E-state index < -0.39 is 0 Å². The molecular weight excluding hydrogens is 112 g/mol. The van der Waals surface area contributed by atoms with Crippen molar-refractivity contribution in [3.63, 3.8) is 0 Å². The summed E-state index contributed by atoms with van der Waals surface area (Å²) in [5.41, 5.74) is 0. The first-order valence-corrected chi connectivity index (χ1v) is 3.63. The molecule has 0 aromatic carbocycles. The summed E-state index contributed by atoms with van der Waals surface area (Å²) < 4.78 is 0. The molecular formula is C7H12N2. The lowest BCUT2D eigenvalue weighted by Gasteiger charge is -2.36. The van der Waals surface area contributed by atoms with Crippen LogP contribution in [0.5, 0.6) is 0 Å². The van der Waals surface area contributed by atoms with Crippen LogP contribution in [0.2, 0.25) is 0 Å². The second-order valence-corrected chi connectivity index (χ2v) is 3.15. The fourth-order valence-corrected chi connectivity index (χ4v) is 2.03. The van der Waals surface area contributed by atoms with Crippen molar-refractivity contribution >= 4 is 6.21 Å². The van der Waals surface area contributed by atoms with Gasteiger partial charge in [0.25, 0.3) is 0 Å². The summed E-state index contributed by atoms with van der Waals surface area (Å²) in [5.74, 6) is 2.35. The molecule has 2 aliphatic rings. The van der Waals surface area contributed by atoms with E-state index in [4.69, 9.17) is 5.41 Å². The third kappa shape index (κ3) is 0.628. The first-order valence-electron chi connectivity index (χ1n) is 3.63. The Hall–Kier alpha value is -0.370. The van der Waals surface area contributed by atoms with Gasteiger partial charge in [0.15, 0.2) is 0 Å². The summed E-state index contributed by atoms with van der Waals surface area (Å²) in [6, 6.07) is 0. The van der Waals surface area contributed by atoms with Crippen molar-refractivity contribution in [1.82, 2.24) is 5.32 Å². The third-order valence-electron chi connectivity index (χ3n) is 2.73. The SMILES string of the molecule is N=CC1CC2CNCC12. The van der Waals surface area contributed by atoms with E-state index in [1.807, 2.05) is 0 Å². The second kappa shape index (κ2) is 1.81. The van der Waals surface area contributed by atoms with Crippen molar-refractivity contribution in [1.29, 1.82) is 5.41 Å². The Balaban J connectivity index is 2.00. The number of hydrogen-bond donors (Lipinski definition) is 2. The van der Waals surface area contributed by atoms with Crippen molar-refractivity contribution in [2.45, 2.75) is 6.42 Å². The average Bonchev–Trinajstić information content (AvgIpc) is 2.14. The van der Waals surface area contributed by atoms with Gasteiger partial charge in [0.1, 0.15) is 0 Å². The Kier molecular flexibility index (Phi) is 1.09. The lowest BCUT2D eigenvalue weighted by molar-refractivity contribution is 0.186. The fraction of sp³-hybridized carbons (Fsp3) is 0.857. The number of fused-ring (bicyclic) bond motifs is 1. The monoisotopic (exact) mass is 124 g/mol. The standard InChI is InChI=1S/C7H12N2/c8-2-5-1-6-3-9-4-7(5)6/h2,5-9H,1,3-4H2. The minimum absolute atomic E-state index is 0.616. The van der Waals surface area contributed by atoms with Crippen molar-refractivity contribution < 1.29 is 0 Å². The molecule has 1 heterocycles. The molecule has 0 aromatic heterocycles. The molecule has 0 radical (unpaired) electrons. The van der Waals surface area contributed by atoms with E-state index in [0.717, 1.165) is 18.4 Å². The Bertz CT molecular complexity index is 133. The van der Waals surface area contributed by atoms with Gasteiger partial charge in [0.05, 0.1) is 0 Å². The van der Waals surface area contributed by atoms with E-state index in [0.29, 0.717) is 5.92 Å². The number of hydrogen-bond acceptors (Lipinski definition) is 2. The van der Waals surface area contributed by atoms with E-state index in [1.54, 1.807) is 6.21 Å². The van der Waals surface area contributed by atoms with Gasteiger partial charge in [-0.3, -0.25) is 0 Å². The molecule has 9 heavy (non-hydrogen) atoms. The normalized spacial score (nSPS) is 47.8. The molecule has 1 saturated heterocycles. The molecule has 0 spiro atoms. The molecule has 2 rings (SSSR count). The number of rotatable bonds is 1. The fourth-order valence-electron chi connectivity index (χ4n) is 2.03. The minimum Gasteiger partial charge on any atom is -0.316 e. The van der Waals surface area contributed by atoms with Crippen LogP contribution in [0, 0.1) is 23.2 Å². The molecule has 2 heteroatoms. The molecule has 3 unspecified atom stereocenters. The van der Waals surface area contributed by atoms with Gasteiger partial charge in [-0.15, -0.1) is 0 Å². The minimum atomic E-state index is 0.616. The molecule has 1 saturated carbocycles. The van der Waals surface area contributed by atoms with Gasteiger partial charge in [0, 0.05) is 0 Å².